The number of hydrogen-bond donors (Lipinski definition) is 2. The molecule has 3 atom stereocenters. The molecule has 3 aromatic carbocycles. The fourth-order valence-corrected chi connectivity index (χ4v) is 7.98. The Kier molecular flexibility index (Phi) is 14.0. The molecule has 0 radical (unpaired) electrons. The maximum atomic E-state index is 14.6. The van der Waals surface area contributed by atoms with Crippen molar-refractivity contribution in [1.82, 2.24) is 9.80 Å². The average molecular weight is 809 g/mol. The van der Waals surface area contributed by atoms with Crippen LogP contribution < -0.4 is 20.1 Å². The molecule has 0 aromatic heterocycles. The van der Waals surface area contributed by atoms with E-state index < -0.39 is 47.2 Å². The average Bonchev–Trinajstić information content (AvgIpc) is 3.42. The van der Waals surface area contributed by atoms with Crippen molar-refractivity contribution in [1.29, 1.82) is 0 Å². The molecule has 11 heteroatoms. The van der Waals surface area contributed by atoms with Gasteiger partial charge in [0.1, 0.15) is 17.5 Å². The molecule has 5 amide bonds. The van der Waals surface area contributed by atoms with Crippen molar-refractivity contribution in [2.24, 2.45) is 5.41 Å². The molecule has 0 spiro atoms. The molecule has 1 saturated carbocycles. The molecule has 1 aliphatic carbocycles. The van der Waals surface area contributed by atoms with E-state index in [1.807, 2.05) is 50.2 Å². The Balaban J connectivity index is 1.42. The van der Waals surface area contributed by atoms with E-state index in [9.17, 15) is 24.0 Å². The number of carbonyl (C=O) groups is 5. The third-order valence-corrected chi connectivity index (χ3v) is 12.9. The van der Waals surface area contributed by atoms with Crippen LogP contribution in [0.4, 0.5) is 16.2 Å². The first-order valence-corrected chi connectivity index (χ1v) is 21.2. The Hall–Kier alpha value is -5.19. The lowest BCUT2D eigenvalue weighted by molar-refractivity contribution is -0.145. The van der Waals surface area contributed by atoms with Crippen molar-refractivity contribution in [3.8, 4) is 11.5 Å². The second-order valence-corrected chi connectivity index (χ2v) is 17.8. The number of methoxy groups -OCH3 is 1. The van der Waals surface area contributed by atoms with Gasteiger partial charge in [-0.15, -0.1) is 0 Å². The maximum absolute atomic E-state index is 14.6. The number of ether oxygens (including phenoxy) is 2. The minimum atomic E-state index is -1.72. The third kappa shape index (κ3) is 9.66. The molecule has 1 aliphatic heterocycles. The Labute approximate surface area is 350 Å². The predicted octanol–water partition coefficient (Wildman–Crippen LogP) is 9.57. The van der Waals surface area contributed by atoms with Crippen LogP contribution in [0.5, 0.6) is 11.5 Å². The number of imide groups is 1. The van der Waals surface area contributed by atoms with E-state index in [-0.39, 0.29) is 34.7 Å². The van der Waals surface area contributed by atoms with Gasteiger partial charge in [0.15, 0.2) is 17.9 Å². The number of amides is 5. The van der Waals surface area contributed by atoms with Crippen LogP contribution in [0, 0.1) is 5.41 Å². The molecular formula is C48H64N4O7. The monoisotopic (exact) mass is 808 g/mol. The number of nitrogens with zero attached hydrogens (tertiary/aromatic N) is 2. The fraction of sp³-hybridized carbons (Fsp3) is 0.521. The Morgan fingerprint density at radius 3 is 2.08 bits per heavy atom. The summed E-state index contributed by atoms with van der Waals surface area (Å²) in [5.74, 6) is -1.40. The molecule has 1 saturated heterocycles. The molecule has 2 N–H and O–H groups in total. The number of nitrogens with one attached hydrogen (secondary N) is 2. The first-order valence-electron chi connectivity index (χ1n) is 21.2. The van der Waals surface area contributed by atoms with Gasteiger partial charge in [-0.2, -0.15) is 0 Å². The van der Waals surface area contributed by atoms with Gasteiger partial charge in [0.25, 0.3) is 17.7 Å². The Morgan fingerprint density at radius 1 is 0.831 bits per heavy atom. The smallest absolute Gasteiger partial charge is 0.328 e. The van der Waals surface area contributed by atoms with E-state index in [1.54, 1.807) is 19.1 Å². The van der Waals surface area contributed by atoms with Crippen LogP contribution in [-0.2, 0) is 36.6 Å². The van der Waals surface area contributed by atoms with E-state index >= 15 is 0 Å². The van der Waals surface area contributed by atoms with E-state index in [1.165, 1.54) is 23.6 Å². The van der Waals surface area contributed by atoms with Crippen LogP contribution in [0.25, 0.3) is 0 Å². The number of ketones is 1. The van der Waals surface area contributed by atoms with E-state index in [4.69, 9.17) is 9.47 Å². The van der Waals surface area contributed by atoms with Crippen molar-refractivity contribution < 1.29 is 33.4 Å². The number of rotatable bonds is 17. The maximum Gasteiger partial charge on any atom is 0.328 e. The molecule has 1 heterocycles. The van der Waals surface area contributed by atoms with Crippen molar-refractivity contribution in [3.63, 3.8) is 0 Å². The zero-order valence-electron chi connectivity index (χ0n) is 36.7. The zero-order valence-corrected chi connectivity index (χ0v) is 36.7. The van der Waals surface area contributed by atoms with Crippen LogP contribution in [0.1, 0.15) is 130 Å². The second kappa shape index (κ2) is 18.4. The number of Topliss-reactive ketones (excluding diaryl/α,β-unsaturated/α-hetero) is 1. The molecule has 318 valence electrons. The fourth-order valence-electron chi connectivity index (χ4n) is 7.98. The summed E-state index contributed by atoms with van der Waals surface area (Å²) in [5, 5.41) is 5.76. The summed E-state index contributed by atoms with van der Waals surface area (Å²) < 4.78 is 12.1. The first kappa shape index (κ1) is 44.9. The summed E-state index contributed by atoms with van der Waals surface area (Å²) in [5.41, 5.74) is 2.43. The van der Waals surface area contributed by atoms with E-state index in [0.29, 0.717) is 30.7 Å². The van der Waals surface area contributed by atoms with Crippen LogP contribution >= 0.6 is 0 Å². The molecule has 5 rings (SSSR count). The number of urea groups is 1. The minimum absolute atomic E-state index is 0.0259. The second-order valence-electron chi connectivity index (χ2n) is 17.8. The zero-order chi connectivity index (χ0) is 43.3. The molecule has 11 nitrogen and oxygen atoms in total. The lowest BCUT2D eigenvalue weighted by Crippen LogP contribution is -2.56. The molecule has 2 fully saturated rings. The van der Waals surface area contributed by atoms with Crippen LogP contribution in [-0.4, -0.2) is 64.6 Å². The van der Waals surface area contributed by atoms with Crippen LogP contribution in [0.3, 0.4) is 0 Å². The summed E-state index contributed by atoms with van der Waals surface area (Å²) in [6, 6.07) is 17.0. The van der Waals surface area contributed by atoms with E-state index in [0.717, 1.165) is 48.1 Å². The lowest BCUT2D eigenvalue weighted by Gasteiger charge is -2.36. The summed E-state index contributed by atoms with van der Waals surface area (Å²) in [6.07, 6.45) is 5.04. The van der Waals surface area contributed by atoms with Gasteiger partial charge in [0.05, 0.1) is 12.8 Å². The molecule has 2 aliphatic rings. The highest BCUT2D eigenvalue weighted by Gasteiger charge is 2.53. The first-order chi connectivity index (χ1) is 27.9. The Morgan fingerprint density at radius 2 is 1.47 bits per heavy atom. The SMILES string of the molecule is CCC(Oc1ccc(C(C)(C)CC)cc1C(C)(C)CC)C(=O)Nc1ccc(OC)c(NC(=O)C(C(=O)C2(C)CCCCC2)N2C(=O)C(C)N(Cc3ccccc3)C2=O)c1. The van der Waals surface area contributed by atoms with Gasteiger partial charge in [-0.05, 0) is 85.3 Å². The number of anilines is 2. The molecule has 3 unspecified atom stereocenters. The minimum Gasteiger partial charge on any atom is -0.495 e. The summed E-state index contributed by atoms with van der Waals surface area (Å²) >= 11 is 0. The summed E-state index contributed by atoms with van der Waals surface area (Å²) in [7, 11) is 1.44. The normalized spacial score (nSPS) is 18.0. The third-order valence-electron chi connectivity index (χ3n) is 12.9. The highest BCUT2D eigenvalue weighted by atomic mass is 16.5. The molecule has 3 aromatic rings. The van der Waals surface area contributed by atoms with Gasteiger partial charge in [-0.3, -0.25) is 19.2 Å². The van der Waals surface area contributed by atoms with Gasteiger partial charge in [0.2, 0.25) is 0 Å². The van der Waals surface area contributed by atoms with Crippen LogP contribution in [0.15, 0.2) is 66.7 Å². The van der Waals surface area contributed by atoms with Gasteiger partial charge in [0, 0.05) is 23.2 Å². The van der Waals surface area contributed by atoms with E-state index in [2.05, 4.69) is 64.3 Å². The number of hydrogen-bond acceptors (Lipinski definition) is 7. The van der Waals surface area contributed by atoms with Gasteiger partial charge < -0.3 is 25.0 Å². The van der Waals surface area contributed by atoms with Crippen molar-refractivity contribution in [2.75, 3.05) is 17.7 Å². The summed E-state index contributed by atoms with van der Waals surface area (Å²) in [6.45, 7) is 18.6. The van der Waals surface area contributed by atoms with Gasteiger partial charge in [-0.1, -0.05) is 117 Å². The molecular weight excluding hydrogens is 745 g/mol. The van der Waals surface area contributed by atoms with Crippen molar-refractivity contribution in [3.05, 3.63) is 83.4 Å². The predicted molar refractivity (Wildman–Crippen MR) is 232 cm³/mol. The quantitative estimate of drug-likeness (QED) is 0.103. The van der Waals surface area contributed by atoms with Crippen LogP contribution in [0.2, 0.25) is 0 Å². The number of benzene rings is 3. The van der Waals surface area contributed by atoms with Gasteiger partial charge in [-0.25, -0.2) is 9.69 Å². The van der Waals surface area contributed by atoms with Crippen molar-refractivity contribution >= 4 is 40.9 Å². The Bertz CT molecular complexity index is 2020. The number of carbonyl (C=O) groups excluding carboxylic acids is 5. The summed E-state index contributed by atoms with van der Waals surface area (Å²) in [4.78, 5) is 73.3. The molecule has 59 heavy (non-hydrogen) atoms. The highest BCUT2D eigenvalue weighted by Crippen LogP contribution is 2.41. The topological polar surface area (TPSA) is 134 Å². The molecule has 0 bridgehead atoms. The van der Waals surface area contributed by atoms with Gasteiger partial charge >= 0.3 is 6.03 Å². The standard InChI is InChI=1S/C48H64N4O7/c1-11-37(59-38-24-22-33(46(5,6)12-2)28-35(38)47(7,8)13-3)42(54)49-34-23-25-39(58-10)36(29-34)50-43(55)40(41(53)48(9)26-18-15-19-27-48)52-44(56)31(4)51(45(52)57)30-32-20-16-14-17-21-32/h14,16-17,20-25,28-29,31,37,40H,11-13,15,18-19,26-27,30H2,1-10H3,(H,49,54)(H,50,55). The largest absolute Gasteiger partial charge is 0.495 e. The lowest BCUT2D eigenvalue weighted by atomic mass is 9.70. The highest BCUT2D eigenvalue weighted by molar-refractivity contribution is 6.19. The van der Waals surface area contributed by atoms with Crippen molar-refractivity contribution in [2.45, 2.75) is 149 Å².